The Balaban J connectivity index is 4.29. The second-order valence-corrected chi connectivity index (χ2v) is 11.0. The van der Waals surface area contributed by atoms with Gasteiger partial charge in [0.25, 0.3) is 0 Å². The largest absolute Gasteiger partial charge is 0.481 e. The fourth-order valence-corrected chi connectivity index (χ4v) is 5.25. The van der Waals surface area contributed by atoms with Crippen molar-refractivity contribution < 1.29 is 34.2 Å². The number of aliphatic carboxylic acids is 3. The van der Waals surface area contributed by atoms with Gasteiger partial charge < -0.3 is 19.8 Å². The van der Waals surface area contributed by atoms with E-state index in [2.05, 4.69) is 19.1 Å². The number of nitrogens with zero attached hydrogens (tertiary/aromatic N) is 1. The predicted octanol–water partition coefficient (Wildman–Crippen LogP) is 7.83. The lowest BCUT2D eigenvalue weighted by molar-refractivity contribution is -0.928. The van der Waals surface area contributed by atoms with Gasteiger partial charge in [-0.3, -0.25) is 14.4 Å². The van der Waals surface area contributed by atoms with Crippen LogP contribution in [-0.4, -0.2) is 63.9 Å². The predicted molar refractivity (Wildman–Crippen MR) is 154 cm³/mol. The number of carboxylic acids is 3. The lowest BCUT2D eigenvalue weighted by Gasteiger charge is -2.39. The molecule has 7 nitrogen and oxygen atoms in total. The van der Waals surface area contributed by atoms with Gasteiger partial charge in [0.15, 0.2) is 0 Å². The van der Waals surface area contributed by atoms with Gasteiger partial charge in [-0.15, -0.1) is 0 Å². The number of unbranched alkanes of at least 4 members (excludes halogenated alkanes) is 13. The number of allylic oxidation sites excluding steroid dienone is 2. The van der Waals surface area contributed by atoms with Gasteiger partial charge in [-0.1, -0.05) is 89.7 Å². The molecule has 0 rings (SSSR count). The van der Waals surface area contributed by atoms with Crippen LogP contribution in [-0.2, 0) is 14.4 Å². The third-order valence-electron chi connectivity index (χ3n) is 7.46. The number of hydrogen-bond acceptors (Lipinski definition) is 3. The van der Waals surface area contributed by atoms with Crippen LogP contribution in [0.25, 0.3) is 0 Å². The normalized spacial score (nSPS) is 11.8. The van der Waals surface area contributed by atoms with E-state index in [1.54, 1.807) is 0 Å². The lowest BCUT2D eigenvalue weighted by atomic mass is 10.0. The number of carboxylic acid groups (broad SMARTS) is 3. The Bertz CT molecular complexity index is 584. The van der Waals surface area contributed by atoms with E-state index in [0.29, 0.717) is 43.4 Å². The van der Waals surface area contributed by atoms with E-state index in [0.717, 1.165) is 25.8 Å². The molecule has 0 aromatic heterocycles. The van der Waals surface area contributed by atoms with E-state index in [1.807, 2.05) is 0 Å². The minimum Gasteiger partial charge on any atom is -0.481 e. The SMILES string of the molecule is CCCCCCCCCCCCCC/C=C/CCC[N+](CCCC(=O)O)(CCCC(=O)O)CCCC(=O)O. The highest BCUT2D eigenvalue weighted by molar-refractivity contribution is 5.67. The van der Waals surface area contributed by atoms with E-state index in [-0.39, 0.29) is 19.3 Å². The van der Waals surface area contributed by atoms with Gasteiger partial charge in [0, 0.05) is 25.7 Å². The molecule has 0 bridgehead atoms. The Labute approximate surface area is 232 Å². The maximum Gasteiger partial charge on any atom is 0.303 e. The lowest BCUT2D eigenvalue weighted by Crippen LogP contribution is -2.51. The monoisotopic (exact) mass is 540 g/mol. The molecular formula is C31H58NO6+. The van der Waals surface area contributed by atoms with Crippen molar-refractivity contribution in [2.45, 2.75) is 142 Å². The molecule has 222 valence electrons. The van der Waals surface area contributed by atoms with Crippen LogP contribution in [0.3, 0.4) is 0 Å². The summed E-state index contributed by atoms with van der Waals surface area (Å²) < 4.78 is 0.612. The van der Waals surface area contributed by atoms with Gasteiger partial charge >= 0.3 is 17.9 Å². The van der Waals surface area contributed by atoms with Crippen molar-refractivity contribution in [2.75, 3.05) is 26.2 Å². The Morgan fingerprint density at radius 1 is 0.474 bits per heavy atom. The van der Waals surface area contributed by atoms with Gasteiger partial charge in [0.05, 0.1) is 45.4 Å². The summed E-state index contributed by atoms with van der Waals surface area (Å²) >= 11 is 0. The molecule has 0 spiro atoms. The summed E-state index contributed by atoms with van der Waals surface area (Å²) in [6.07, 6.45) is 25.5. The first-order chi connectivity index (χ1) is 18.3. The topological polar surface area (TPSA) is 112 Å². The second-order valence-electron chi connectivity index (χ2n) is 11.0. The minimum atomic E-state index is -0.833. The third-order valence-corrected chi connectivity index (χ3v) is 7.46. The molecule has 0 aromatic rings. The second kappa shape index (κ2) is 25.4. The third kappa shape index (κ3) is 24.4. The van der Waals surface area contributed by atoms with Gasteiger partial charge in [0.2, 0.25) is 0 Å². The average molecular weight is 541 g/mol. The summed E-state index contributed by atoms with van der Waals surface area (Å²) in [5.74, 6) is -2.50. The molecule has 0 aliphatic heterocycles. The van der Waals surface area contributed by atoms with E-state index < -0.39 is 17.9 Å². The highest BCUT2D eigenvalue weighted by atomic mass is 16.4. The van der Waals surface area contributed by atoms with Gasteiger partial charge in [-0.05, 0) is 19.3 Å². The molecule has 3 N–H and O–H groups in total. The minimum absolute atomic E-state index is 0.0802. The molecule has 0 saturated heterocycles. The summed E-state index contributed by atoms with van der Waals surface area (Å²) in [7, 11) is 0. The quantitative estimate of drug-likeness (QED) is 0.0506. The summed E-state index contributed by atoms with van der Waals surface area (Å²) in [5, 5.41) is 27.2. The Morgan fingerprint density at radius 2 is 0.789 bits per heavy atom. The number of hydrogen-bond donors (Lipinski definition) is 3. The summed E-state index contributed by atoms with van der Waals surface area (Å²) in [5.41, 5.74) is 0. The van der Waals surface area contributed by atoms with E-state index >= 15 is 0 Å². The van der Waals surface area contributed by atoms with Crippen molar-refractivity contribution in [1.82, 2.24) is 0 Å². The maximum atomic E-state index is 11.0. The first kappa shape index (κ1) is 36.1. The zero-order valence-electron chi connectivity index (χ0n) is 24.3. The molecule has 0 atom stereocenters. The fraction of sp³-hybridized carbons (Fsp3) is 0.839. The molecular weight excluding hydrogens is 482 g/mol. The molecule has 0 amide bonds. The van der Waals surface area contributed by atoms with Crippen LogP contribution >= 0.6 is 0 Å². The first-order valence-corrected chi connectivity index (χ1v) is 15.5. The van der Waals surface area contributed by atoms with Crippen LogP contribution < -0.4 is 0 Å². The summed E-state index contributed by atoms with van der Waals surface area (Å²) in [4.78, 5) is 33.1. The number of quaternary nitrogens is 1. The van der Waals surface area contributed by atoms with E-state index in [1.165, 1.54) is 77.0 Å². The summed E-state index contributed by atoms with van der Waals surface area (Å²) in [6, 6.07) is 0. The van der Waals surface area contributed by atoms with Crippen LogP contribution in [0.5, 0.6) is 0 Å². The van der Waals surface area contributed by atoms with Crippen molar-refractivity contribution in [3.8, 4) is 0 Å². The van der Waals surface area contributed by atoms with Crippen molar-refractivity contribution in [3.63, 3.8) is 0 Å². The average Bonchev–Trinajstić information content (AvgIpc) is 2.85. The van der Waals surface area contributed by atoms with Crippen LogP contribution in [0.4, 0.5) is 0 Å². The first-order valence-electron chi connectivity index (χ1n) is 15.5. The molecule has 38 heavy (non-hydrogen) atoms. The van der Waals surface area contributed by atoms with Gasteiger partial charge in [-0.2, -0.15) is 0 Å². The van der Waals surface area contributed by atoms with Gasteiger partial charge in [-0.25, -0.2) is 0 Å². The van der Waals surface area contributed by atoms with Gasteiger partial charge in [0.1, 0.15) is 0 Å². The van der Waals surface area contributed by atoms with E-state index in [9.17, 15) is 14.4 Å². The molecule has 7 heteroatoms. The molecule has 0 saturated carbocycles. The van der Waals surface area contributed by atoms with Crippen LogP contribution in [0, 0.1) is 0 Å². The fourth-order valence-electron chi connectivity index (χ4n) is 5.25. The van der Waals surface area contributed by atoms with Crippen molar-refractivity contribution in [3.05, 3.63) is 12.2 Å². The van der Waals surface area contributed by atoms with Crippen molar-refractivity contribution >= 4 is 17.9 Å². The highest BCUT2D eigenvalue weighted by Crippen LogP contribution is 2.18. The van der Waals surface area contributed by atoms with E-state index in [4.69, 9.17) is 15.3 Å². The molecule has 0 aromatic carbocycles. The smallest absolute Gasteiger partial charge is 0.303 e. The van der Waals surface area contributed by atoms with Crippen LogP contribution in [0.2, 0.25) is 0 Å². The Morgan fingerprint density at radius 3 is 1.16 bits per heavy atom. The van der Waals surface area contributed by atoms with Crippen molar-refractivity contribution in [2.24, 2.45) is 0 Å². The molecule has 0 heterocycles. The molecule has 0 fully saturated rings. The zero-order chi connectivity index (χ0) is 28.3. The molecule has 0 aliphatic rings. The zero-order valence-corrected chi connectivity index (χ0v) is 24.3. The van der Waals surface area contributed by atoms with Crippen LogP contribution in [0.15, 0.2) is 12.2 Å². The maximum absolute atomic E-state index is 11.0. The number of rotatable bonds is 29. The Kier molecular flexibility index (Phi) is 24.1. The van der Waals surface area contributed by atoms with Crippen LogP contribution in [0.1, 0.15) is 142 Å². The molecule has 0 aliphatic carbocycles. The Hall–Kier alpha value is -1.89. The highest BCUT2D eigenvalue weighted by Gasteiger charge is 2.27. The number of carbonyl (C=O) groups is 3. The molecule has 0 radical (unpaired) electrons. The van der Waals surface area contributed by atoms with Crippen molar-refractivity contribution in [1.29, 1.82) is 0 Å². The molecule has 0 unspecified atom stereocenters. The summed E-state index contributed by atoms with van der Waals surface area (Å²) in [6.45, 7) is 5.02. The standard InChI is InChI=1S/C31H57NO6/c1-2-3-4-5-6-7-8-9-10-11-12-13-14-15-16-17-18-25-32(26-19-22-29(33)34,27-20-23-30(35)36)28-21-24-31(37)38/h15-16H,2-14,17-28H2,1H3,(H2-,33,34,35,36,37,38)/p+1/b16-15+.